The van der Waals surface area contributed by atoms with E-state index in [2.05, 4.69) is 0 Å². The number of carboxylic acids is 2. The fourth-order valence-corrected chi connectivity index (χ4v) is 1.69. The van der Waals surface area contributed by atoms with E-state index in [-0.39, 0.29) is 35.6 Å². The Morgan fingerprint density at radius 3 is 1.58 bits per heavy atom. The molecule has 0 bridgehead atoms. The maximum Gasteiger partial charge on any atom is 2.00 e. The summed E-state index contributed by atoms with van der Waals surface area (Å²) < 4.78 is 5.31. The van der Waals surface area contributed by atoms with Crippen LogP contribution in [0.2, 0.25) is 0 Å². The molecule has 9 heteroatoms. The first-order chi connectivity index (χ1) is 8.08. The second-order valence-electron chi connectivity index (χ2n) is 3.95. The third-order valence-corrected chi connectivity index (χ3v) is 2.55. The summed E-state index contributed by atoms with van der Waals surface area (Å²) in [6, 6.07) is 0. The monoisotopic (exact) mass is 319 g/mol. The van der Waals surface area contributed by atoms with Crippen molar-refractivity contribution in [2.24, 2.45) is 0 Å². The average molecular weight is 319 g/mol. The Morgan fingerprint density at radius 2 is 1.26 bits per heavy atom. The van der Waals surface area contributed by atoms with Gasteiger partial charge in [-0.2, -0.15) is 0 Å². The normalized spacial score (nSPS) is 18.1. The molecule has 1 radical (unpaired) electrons. The smallest absolute Gasteiger partial charge is 0.480 e. The molecule has 1 saturated heterocycles. The molecule has 1 rings (SSSR count). The maximum absolute atomic E-state index is 10.6. The summed E-state index contributed by atoms with van der Waals surface area (Å²) in [5, 5.41) is 17.4. The minimum absolute atomic E-state index is 0. The fourth-order valence-electron chi connectivity index (χ4n) is 1.69. The van der Waals surface area contributed by atoms with E-state index in [1.807, 2.05) is 0 Å². The second-order valence-corrected chi connectivity index (χ2v) is 3.95. The number of hydrogen-bond acceptors (Lipinski definition) is 5. The van der Waals surface area contributed by atoms with Crippen molar-refractivity contribution in [1.82, 2.24) is 9.80 Å². The van der Waals surface area contributed by atoms with Gasteiger partial charge < -0.3 is 20.4 Å². The summed E-state index contributed by atoms with van der Waals surface area (Å²) in [6.45, 7) is 3.10. The molecule has 0 unspecified atom stereocenters. The predicted molar refractivity (Wildman–Crippen MR) is 62.6 cm³/mol. The number of nitrogens with zero attached hydrogens (tertiary/aromatic N) is 2. The zero-order valence-corrected chi connectivity index (χ0v) is 11.7. The van der Waals surface area contributed by atoms with Crippen molar-refractivity contribution in [3.63, 3.8) is 0 Å². The molecule has 111 valence electrons. The second kappa shape index (κ2) is 11.2. The van der Waals surface area contributed by atoms with Gasteiger partial charge in [0.2, 0.25) is 0 Å². The van der Waals surface area contributed by atoms with Crippen molar-refractivity contribution in [3.8, 4) is 0 Å². The van der Waals surface area contributed by atoms with E-state index in [0.29, 0.717) is 39.4 Å². The van der Waals surface area contributed by atoms with Crippen LogP contribution in [0.5, 0.6) is 0 Å². The van der Waals surface area contributed by atoms with Crippen LogP contribution in [0.3, 0.4) is 0 Å². The standard InChI is InChI=1S/C10H18N2O5.Mn.H2O/c13-9(14)7-11-1-2-12(8-10(15)16)4-6-17-5-3-11;;/h1-8H2,(H,13,14)(H,15,16);;1H2/q;+2;. The van der Waals surface area contributed by atoms with E-state index in [0.717, 1.165) is 0 Å². The van der Waals surface area contributed by atoms with Crippen LogP contribution >= 0.6 is 0 Å². The molecule has 1 aliphatic rings. The molecule has 0 aromatic carbocycles. The van der Waals surface area contributed by atoms with Gasteiger partial charge >= 0.3 is 29.0 Å². The van der Waals surface area contributed by atoms with Crippen LogP contribution < -0.4 is 0 Å². The molecular weight excluding hydrogens is 299 g/mol. The van der Waals surface area contributed by atoms with Crippen molar-refractivity contribution in [2.45, 2.75) is 0 Å². The van der Waals surface area contributed by atoms with E-state index < -0.39 is 11.9 Å². The van der Waals surface area contributed by atoms with E-state index in [1.54, 1.807) is 9.80 Å². The molecule has 0 aliphatic carbocycles. The topological polar surface area (TPSA) is 122 Å². The van der Waals surface area contributed by atoms with Crippen LogP contribution in [-0.2, 0) is 31.4 Å². The fraction of sp³-hybridized carbons (Fsp3) is 0.800. The van der Waals surface area contributed by atoms with Gasteiger partial charge in [0.25, 0.3) is 0 Å². The summed E-state index contributed by atoms with van der Waals surface area (Å²) in [6.07, 6.45) is 0. The number of carbonyl (C=O) groups is 2. The van der Waals surface area contributed by atoms with Crippen LogP contribution in [0.4, 0.5) is 0 Å². The molecule has 19 heavy (non-hydrogen) atoms. The SMILES string of the molecule is O.O=C(O)CN1CCOCCN(CC(=O)O)CC1.[Mn+2]. The number of hydrogen-bond donors (Lipinski definition) is 2. The van der Waals surface area contributed by atoms with Crippen molar-refractivity contribution in [1.29, 1.82) is 0 Å². The summed E-state index contributed by atoms with van der Waals surface area (Å²) >= 11 is 0. The van der Waals surface area contributed by atoms with Crippen LogP contribution in [0.15, 0.2) is 0 Å². The molecule has 0 spiro atoms. The molecule has 1 fully saturated rings. The van der Waals surface area contributed by atoms with Gasteiger partial charge in [0, 0.05) is 26.2 Å². The minimum Gasteiger partial charge on any atom is -0.480 e. The minimum atomic E-state index is -0.881. The van der Waals surface area contributed by atoms with Crippen LogP contribution in [0.1, 0.15) is 0 Å². The molecule has 0 aromatic heterocycles. The Morgan fingerprint density at radius 1 is 0.895 bits per heavy atom. The van der Waals surface area contributed by atoms with Crippen LogP contribution in [0, 0.1) is 0 Å². The van der Waals surface area contributed by atoms with Gasteiger partial charge in [0.05, 0.1) is 26.3 Å². The summed E-state index contributed by atoms with van der Waals surface area (Å²) in [4.78, 5) is 24.7. The number of rotatable bonds is 4. The molecule has 0 saturated carbocycles. The van der Waals surface area contributed by atoms with Crippen molar-refractivity contribution in [3.05, 3.63) is 0 Å². The summed E-state index contributed by atoms with van der Waals surface area (Å²) in [5.74, 6) is -1.76. The number of carboxylic acid groups (broad SMARTS) is 2. The molecule has 4 N–H and O–H groups in total. The van der Waals surface area contributed by atoms with Gasteiger partial charge in [0.15, 0.2) is 0 Å². The molecule has 1 heterocycles. The maximum atomic E-state index is 10.6. The van der Waals surface area contributed by atoms with Crippen molar-refractivity contribution < 1.29 is 47.1 Å². The van der Waals surface area contributed by atoms with Gasteiger partial charge in [-0.25, -0.2) is 0 Å². The molecule has 8 nitrogen and oxygen atoms in total. The quantitative estimate of drug-likeness (QED) is 0.573. The van der Waals surface area contributed by atoms with Crippen molar-refractivity contribution >= 4 is 11.9 Å². The van der Waals surface area contributed by atoms with E-state index in [1.165, 1.54) is 0 Å². The Bertz CT molecular complexity index is 253. The van der Waals surface area contributed by atoms with Gasteiger partial charge in [0.1, 0.15) is 0 Å². The first kappa shape index (κ1) is 20.6. The van der Waals surface area contributed by atoms with Crippen LogP contribution in [0.25, 0.3) is 0 Å². The predicted octanol–water partition coefficient (Wildman–Crippen LogP) is -2.04. The first-order valence-electron chi connectivity index (χ1n) is 5.54. The number of aliphatic carboxylic acids is 2. The Kier molecular flexibility index (Phi) is 12.1. The molecule has 0 amide bonds. The first-order valence-corrected chi connectivity index (χ1v) is 5.54. The zero-order chi connectivity index (χ0) is 12.7. The van der Waals surface area contributed by atoms with Crippen LogP contribution in [-0.4, -0.2) is 89.9 Å². The van der Waals surface area contributed by atoms with Crippen molar-refractivity contribution in [2.75, 3.05) is 52.5 Å². The molecule has 1 aliphatic heterocycles. The van der Waals surface area contributed by atoms with E-state index >= 15 is 0 Å². The summed E-state index contributed by atoms with van der Waals surface area (Å²) in [7, 11) is 0. The van der Waals surface area contributed by atoms with Gasteiger partial charge in [-0.05, 0) is 0 Å². The number of ether oxygens (including phenoxy) is 1. The Balaban J connectivity index is 0. The third kappa shape index (κ3) is 9.83. The van der Waals surface area contributed by atoms with Gasteiger partial charge in [-0.15, -0.1) is 0 Å². The molecule has 0 atom stereocenters. The van der Waals surface area contributed by atoms with Gasteiger partial charge in [-0.3, -0.25) is 19.4 Å². The molecule has 0 aromatic rings. The zero-order valence-electron chi connectivity index (χ0n) is 10.5. The third-order valence-electron chi connectivity index (χ3n) is 2.55. The molecular formula is C10H20MnN2O6+2. The Labute approximate surface area is 122 Å². The Hall–Kier alpha value is -0.701. The van der Waals surface area contributed by atoms with E-state index in [9.17, 15) is 9.59 Å². The summed E-state index contributed by atoms with van der Waals surface area (Å²) in [5.41, 5.74) is 0. The van der Waals surface area contributed by atoms with Gasteiger partial charge in [-0.1, -0.05) is 0 Å². The average Bonchev–Trinajstić information content (AvgIpc) is 2.31. The largest absolute Gasteiger partial charge is 2.00 e. The van der Waals surface area contributed by atoms with E-state index in [4.69, 9.17) is 14.9 Å².